The molecular weight excluding hydrogens is 316 g/mol. The van der Waals surface area contributed by atoms with Gasteiger partial charge in [0, 0.05) is 12.3 Å². The van der Waals surface area contributed by atoms with E-state index in [0.717, 1.165) is 19.3 Å². The Bertz CT molecular complexity index is 453. The smallest absolute Gasteiger partial charge is 0.334 e. The Morgan fingerprint density at radius 1 is 1.24 bits per heavy atom. The molecule has 0 radical (unpaired) electrons. The van der Waals surface area contributed by atoms with Crippen molar-refractivity contribution in [3.63, 3.8) is 0 Å². The van der Waals surface area contributed by atoms with Crippen LogP contribution in [0.4, 0.5) is 0 Å². The van der Waals surface area contributed by atoms with E-state index >= 15 is 0 Å². The number of methoxy groups -OCH3 is 1. The number of esters is 1. The molecule has 1 unspecified atom stereocenters. The van der Waals surface area contributed by atoms with E-state index in [0.29, 0.717) is 31.0 Å². The predicted octanol–water partition coefficient (Wildman–Crippen LogP) is 4.37. The molecule has 4 nitrogen and oxygen atoms in total. The molecule has 1 saturated carbocycles. The molecule has 0 bridgehead atoms. The van der Waals surface area contributed by atoms with Crippen LogP contribution in [0.25, 0.3) is 0 Å². The van der Waals surface area contributed by atoms with Gasteiger partial charge in [-0.1, -0.05) is 50.5 Å². The fourth-order valence-corrected chi connectivity index (χ4v) is 3.30. The van der Waals surface area contributed by atoms with E-state index in [1.54, 1.807) is 0 Å². The van der Waals surface area contributed by atoms with Crippen molar-refractivity contribution in [2.45, 2.75) is 77.2 Å². The summed E-state index contributed by atoms with van der Waals surface area (Å²) in [5.41, 5.74) is 0. The number of aliphatic hydroxyl groups is 1. The molecule has 0 aromatic heterocycles. The number of aliphatic hydroxyl groups excluding tert-OH is 1. The SMILES string of the molecule is CCCCCC/C=C/[C@H]1CCC(=O)[C@@H]1C/C=C\CCC(O)C(=O)OC. The van der Waals surface area contributed by atoms with Gasteiger partial charge in [-0.3, -0.25) is 4.79 Å². The fraction of sp³-hybridized carbons (Fsp3) is 0.714. The van der Waals surface area contributed by atoms with E-state index in [9.17, 15) is 14.7 Å². The second kappa shape index (κ2) is 12.9. The van der Waals surface area contributed by atoms with Crippen LogP contribution in [-0.4, -0.2) is 30.1 Å². The van der Waals surface area contributed by atoms with E-state index < -0.39 is 12.1 Å². The van der Waals surface area contributed by atoms with Crippen LogP contribution in [0.15, 0.2) is 24.3 Å². The van der Waals surface area contributed by atoms with Gasteiger partial charge in [0.1, 0.15) is 5.78 Å². The van der Waals surface area contributed by atoms with Crippen molar-refractivity contribution < 1.29 is 19.4 Å². The second-order valence-corrected chi connectivity index (χ2v) is 6.88. The molecule has 3 atom stereocenters. The van der Waals surface area contributed by atoms with Gasteiger partial charge in [-0.25, -0.2) is 4.79 Å². The molecule has 142 valence electrons. The summed E-state index contributed by atoms with van der Waals surface area (Å²) in [7, 11) is 1.27. The van der Waals surface area contributed by atoms with Crippen LogP contribution in [-0.2, 0) is 14.3 Å². The van der Waals surface area contributed by atoms with Crippen molar-refractivity contribution in [1.82, 2.24) is 0 Å². The molecule has 1 aliphatic rings. The summed E-state index contributed by atoms with van der Waals surface area (Å²) in [6.07, 6.45) is 16.9. The second-order valence-electron chi connectivity index (χ2n) is 6.88. The lowest BCUT2D eigenvalue weighted by Crippen LogP contribution is -2.21. The van der Waals surface area contributed by atoms with Gasteiger partial charge in [0.15, 0.2) is 6.10 Å². The minimum atomic E-state index is -1.06. The highest BCUT2D eigenvalue weighted by Gasteiger charge is 2.31. The predicted molar refractivity (Wildman–Crippen MR) is 100 cm³/mol. The average molecular weight is 350 g/mol. The number of ketones is 1. The summed E-state index contributed by atoms with van der Waals surface area (Å²) < 4.78 is 4.48. The topological polar surface area (TPSA) is 63.6 Å². The Labute approximate surface area is 152 Å². The van der Waals surface area contributed by atoms with E-state index in [1.165, 1.54) is 32.8 Å². The van der Waals surface area contributed by atoms with Gasteiger partial charge in [-0.15, -0.1) is 0 Å². The van der Waals surface area contributed by atoms with E-state index in [-0.39, 0.29) is 5.92 Å². The van der Waals surface area contributed by atoms with Crippen molar-refractivity contribution in [1.29, 1.82) is 0 Å². The minimum absolute atomic E-state index is 0.0914. The summed E-state index contributed by atoms with van der Waals surface area (Å²) in [5.74, 6) is 0.223. The van der Waals surface area contributed by atoms with Crippen molar-refractivity contribution in [3.8, 4) is 0 Å². The number of hydrogen-bond acceptors (Lipinski definition) is 4. The first-order valence-corrected chi connectivity index (χ1v) is 9.70. The number of carbonyl (C=O) groups excluding carboxylic acids is 2. The number of carbonyl (C=O) groups is 2. The van der Waals surface area contributed by atoms with Gasteiger partial charge >= 0.3 is 5.97 Å². The standard InChI is InChI=1S/C21H34O4/c1-3-4-5-6-7-9-12-17-15-16-19(22)18(17)13-10-8-11-14-20(23)21(24)25-2/h8-10,12,17-18,20,23H,3-7,11,13-16H2,1-2H3/b10-8-,12-9+/t17-,18+,20?/m0/s1. The van der Waals surface area contributed by atoms with Crippen LogP contribution in [0.3, 0.4) is 0 Å². The zero-order valence-electron chi connectivity index (χ0n) is 15.8. The Hall–Kier alpha value is -1.42. The van der Waals surface area contributed by atoms with Crippen molar-refractivity contribution in [2.24, 2.45) is 11.8 Å². The highest BCUT2D eigenvalue weighted by molar-refractivity contribution is 5.83. The molecule has 0 aromatic carbocycles. The lowest BCUT2D eigenvalue weighted by atomic mass is 9.91. The third-order valence-electron chi connectivity index (χ3n) is 4.90. The number of rotatable bonds is 12. The summed E-state index contributed by atoms with van der Waals surface area (Å²) in [5, 5.41) is 9.52. The molecule has 0 saturated heterocycles. The van der Waals surface area contributed by atoms with Crippen LogP contribution in [0.1, 0.15) is 71.1 Å². The van der Waals surface area contributed by atoms with Crippen LogP contribution in [0, 0.1) is 11.8 Å². The summed E-state index contributed by atoms with van der Waals surface area (Å²) in [6, 6.07) is 0. The van der Waals surface area contributed by atoms with Crippen molar-refractivity contribution in [3.05, 3.63) is 24.3 Å². The molecule has 1 N–H and O–H groups in total. The number of allylic oxidation sites excluding steroid dienone is 4. The molecule has 0 heterocycles. The molecule has 0 amide bonds. The quantitative estimate of drug-likeness (QED) is 0.322. The van der Waals surface area contributed by atoms with Gasteiger partial charge in [-0.2, -0.15) is 0 Å². The van der Waals surface area contributed by atoms with Gasteiger partial charge < -0.3 is 9.84 Å². The van der Waals surface area contributed by atoms with Crippen LogP contribution < -0.4 is 0 Å². The monoisotopic (exact) mass is 350 g/mol. The van der Waals surface area contributed by atoms with Crippen LogP contribution >= 0.6 is 0 Å². The number of ether oxygens (including phenoxy) is 1. The van der Waals surface area contributed by atoms with E-state index in [4.69, 9.17) is 0 Å². The maximum Gasteiger partial charge on any atom is 0.334 e. The zero-order valence-corrected chi connectivity index (χ0v) is 15.8. The van der Waals surface area contributed by atoms with E-state index in [1.807, 2.05) is 12.2 Å². The van der Waals surface area contributed by atoms with E-state index in [2.05, 4.69) is 23.8 Å². The lowest BCUT2D eigenvalue weighted by molar-refractivity contribution is -0.150. The Morgan fingerprint density at radius 3 is 2.76 bits per heavy atom. The summed E-state index contributed by atoms with van der Waals surface area (Å²) in [4.78, 5) is 23.2. The first-order valence-electron chi connectivity index (χ1n) is 9.70. The molecule has 0 aliphatic heterocycles. The highest BCUT2D eigenvalue weighted by atomic mass is 16.5. The normalized spacial score (nSPS) is 22.1. The molecule has 1 aliphatic carbocycles. The summed E-state index contributed by atoms with van der Waals surface area (Å²) in [6.45, 7) is 2.22. The first-order chi connectivity index (χ1) is 12.1. The number of unbranched alkanes of at least 4 members (excludes halogenated alkanes) is 4. The molecule has 1 rings (SSSR count). The Balaban J connectivity index is 2.31. The summed E-state index contributed by atoms with van der Waals surface area (Å²) >= 11 is 0. The molecule has 1 fully saturated rings. The fourth-order valence-electron chi connectivity index (χ4n) is 3.30. The minimum Gasteiger partial charge on any atom is -0.467 e. The molecule has 0 aromatic rings. The Morgan fingerprint density at radius 2 is 2.04 bits per heavy atom. The maximum absolute atomic E-state index is 12.1. The van der Waals surface area contributed by atoms with Crippen LogP contribution in [0.5, 0.6) is 0 Å². The van der Waals surface area contributed by atoms with Crippen LogP contribution in [0.2, 0.25) is 0 Å². The average Bonchev–Trinajstić information content (AvgIpc) is 2.96. The molecule has 0 spiro atoms. The number of hydrogen-bond donors (Lipinski definition) is 1. The molecular formula is C21H34O4. The highest BCUT2D eigenvalue weighted by Crippen LogP contribution is 2.33. The first kappa shape index (κ1) is 21.6. The molecule has 25 heavy (non-hydrogen) atoms. The third-order valence-corrected chi connectivity index (χ3v) is 4.90. The van der Waals surface area contributed by atoms with Gasteiger partial charge in [0.2, 0.25) is 0 Å². The zero-order chi connectivity index (χ0) is 18.5. The lowest BCUT2D eigenvalue weighted by Gasteiger charge is -2.12. The molecule has 4 heteroatoms. The third kappa shape index (κ3) is 8.48. The maximum atomic E-state index is 12.1. The number of Topliss-reactive ketones (excluding diaryl/α,β-unsaturated/α-hetero) is 1. The van der Waals surface area contributed by atoms with Gasteiger partial charge in [-0.05, 0) is 44.4 Å². The Kier molecular flexibility index (Phi) is 11.1. The van der Waals surface area contributed by atoms with Gasteiger partial charge in [0.05, 0.1) is 7.11 Å². The van der Waals surface area contributed by atoms with Crippen molar-refractivity contribution in [2.75, 3.05) is 7.11 Å². The van der Waals surface area contributed by atoms with Crippen molar-refractivity contribution >= 4 is 11.8 Å². The van der Waals surface area contributed by atoms with Gasteiger partial charge in [0.25, 0.3) is 0 Å². The largest absolute Gasteiger partial charge is 0.467 e.